The van der Waals surface area contributed by atoms with Gasteiger partial charge in [-0.15, -0.1) is 0 Å². The van der Waals surface area contributed by atoms with Gasteiger partial charge in [-0.05, 0) is 25.7 Å². The highest BCUT2D eigenvalue weighted by Crippen LogP contribution is 2.17. The molecule has 0 fully saturated rings. The Morgan fingerprint density at radius 1 is 1.53 bits per heavy atom. The van der Waals surface area contributed by atoms with Gasteiger partial charge < -0.3 is 10.4 Å². The third-order valence-electron chi connectivity index (χ3n) is 2.52. The van der Waals surface area contributed by atoms with Crippen LogP contribution in [0.15, 0.2) is 11.8 Å². The molecule has 2 N–H and O–H groups in total. The molecule has 0 saturated heterocycles. The predicted octanol–water partition coefficient (Wildman–Crippen LogP) is 1.62. The van der Waals surface area contributed by atoms with E-state index < -0.39 is 5.60 Å². The lowest BCUT2D eigenvalue weighted by molar-refractivity contribution is -0.114. The molecule has 86 valence electrons. The Balaban J connectivity index is 2.35. The highest BCUT2D eigenvalue weighted by molar-refractivity contribution is 5.92. The highest BCUT2D eigenvalue weighted by atomic mass is 16.3. The minimum absolute atomic E-state index is 0.181. The summed E-state index contributed by atoms with van der Waals surface area (Å²) in [5, 5.41) is 13.2. The molecule has 1 aliphatic carbocycles. The Hall–Kier alpha value is -0.830. The Bertz CT molecular complexity index is 267. The first kappa shape index (κ1) is 12.2. The molecule has 15 heavy (non-hydrogen) atoms. The zero-order valence-electron chi connectivity index (χ0n) is 9.84. The number of carbonyl (C=O) groups is 1. The van der Waals surface area contributed by atoms with Crippen LogP contribution in [0.25, 0.3) is 0 Å². The summed E-state index contributed by atoms with van der Waals surface area (Å²) in [4.78, 5) is 11.0. The van der Waals surface area contributed by atoms with Crippen LogP contribution in [-0.2, 0) is 4.79 Å². The van der Waals surface area contributed by atoms with Crippen LogP contribution in [0.4, 0.5) is 0 Å². The third kappa shape index (κ3) is 4.47. The Morgan fingerprint density at radius 2 is 2.20 bits per heavy atom. The molecule has 0 radical (unpaired) electrons. The summed E-state index contributed by atoms with van der Waals surface area (Å²) in [6.45, 7) is 6.53. The monoisotopic (exact) mass is 211 g/mol. The molecule has 0 spiro atoms. The van der Waals surface area contributed by atoms with E-state index in [-0.39, 0.29) is 5.78 Å². The molecule has 1 atom stereocenters. The van der Waals surface area contributed by atoms with Crippen LogP contribution in [0.5, 0.6) is 0 Å². The van der Waals surface area contributed by atoms with Gasteiger partial charge in [-0.2, -0.15) is 0 Å². The fraction of sp³-hybridized carbons (Fsp3) is 0.750. The van der Waals surface area contributed by atoms with E-state index >= 15 is 0 Å². The van der Waals surface area contributed by atoms with Gasteiger partial charge in [-0.3, -0.25) is 4.79 Å². The Labute approximate surface area is 91.6 Å². The standard InChI is InChI=1S/C12H21NO2/c1-9(2)7-12(3,15)8-13-10-4-5-11(14)6-10/h6,9,13,15H,4-5,7-8H2,1-3H3. The number of hydrogen-bond donors (Lipinski definition) is 2. The number of carbonyl (C=O) groups excluding carboxylic acids is 1. The fourth-order valence-electron chi connectivity index (χ4n) is 1.99. The lowest BCUT2D eigenvalue weighted by Gasteiger charge is -2.26. The Kier molecular flexibility index (Phi) is 3.91. The van der Waals surface area contributed by atoms with Gasteiger partial charge in [-0.25, -0.2) is 0 Å². The molecule has 3 nitrogen and oxygen atoms in total. The summed E-state index contributed by atoms with van der Waals surface area (Å²) in [5.41, 5.74) is 0.268. The van der Waals surface area contributed by atoms with Gasteiger partial charge in [0.15, 0.2) is 5.78 Å². The minimum Gasteiger partial charge on any atom is -0.388 e. The predicted molar refractivity (Wildman–Crippen MR) is 60.4 cm³/mol. The molecule has 1 rings (SSSR count). The maximum absolute atomic E-state index is 11.0. The Morgan fingerprint density at radius 3 is 2.67 bits per heavy atom. The zero-order valence-corrected chi connectivity index (χ0v) is 9.84. The normalized spacial score (nSPS) is 20.3. The molecule has 0 aromatic heterocycles. The molecule has 0 aromatic carbocycles. The molecule has 0 amide bonds. The van der Waals surface area contributed by atoms with Gasteiger partial charge in [0.2, 0.25) is 0 Å². The molecular weight excluding hydrogens is 190 g/mol. The van der Waals surface area contributed by atoms with Crippen LogP contribution in [0.3, 0.4) is 0 Å². The van der Waals surface area contributed by atoms with Crippen molar-refractivity contribution < 1.29 is 9.90 Å². The van der Waals surface area contributed by atoms with Gasteiger partial charge in [0.25, 0.3) is 0 Å². The van der Waals surface area contributed by atoms with Crippen LogP contribution >= 0.6 is 0 Å². The maximum atomic E-state index is 11.0. The molecule has 0 bridgehead atoms. The van der Waals surface area contributed by atoms with E-state index in [4.69, 9.17) is 0 Å². The van der Waals surface area contributed by atoms with Crippen molar-refractivity contribution in [1.82, 2.24) is 5.32 Å². The van der Waals surface area contributed by atoms with Crippen molar-refractivity contribution in [1.29, 1.82) is 0 Å². The summed E-state index contributed by atoms with van der Waals surface area (Å²) in [5.74, 6) is 0.655. The smallest absolute Gasteiger partial charge is 0.157 e. The van der Waals surface area contributed by atoms with Crippen LogP contribution in [0, 0.1) is 5.92 Å². The molecule has 3 heteroatoms. The molecular formula is C12H21NO2. The van der Waals surface area contributed by atoms with E-state index in [0.29, 0.717) is 18.9 Å². The number of allylic oxidation sites excluding steroid dienone is 2. The van der Waals surface area contributed by atoms with E-state index in [1.165, 1.54) is 0 Å². The van der Waals surface area contributed by atoms with E-state index in [0.717, 1.165) is 18.5 Å². The van der Waals surface area contributed by atoms with Crippen LogP contribution in [0.2, 0.25) is 0 Å². The highest BCUT2D eigenvalue weighted by Gasteiger charge is 2.22. The van der Waals surface area contributed by atoms with E-state index in [9.17, 15) is 9.90 Å². The van der Waals surface area contributed by atoms with Crippen molar-refractivity contribution in [3.05, 3.63) is 11.8 Å². The lowest BCUT2D eigenvalue weighted by Crippen LogP contribution is -2.38. The first-order valence-electron chi connectivity index (χ1n) is 5.59. The fourth-order valence-corrected chi connectivity index (χ4v) is 1.99. The third-order valence-corrected chi connectivity index (χ3v) is 2.52. The number of hydrogen-bond acceptors (Lipinski definition) is 3. The largest absolute Gasteiger partial charge is 0.388 e. The lowest BCUT2D eigenvalue weighted by atomic mass is 9.94. The van der Waals surface area contributed by atoms with Gasteiger partial charge >= 0.3 is 0 Å². The van der Waals surface area contributed by atoms with Crippen molar-refractivity contribution in [3.63, 3.8) is 0 Å². The van der Waals surface area contributed by atoms with E-state index in [1.54, 1.807) is 6.08 Å². The van der Waals surface area contributed by atoms with Crippen molar-refractivity contribution in [2.75, 3.05) is 6.54 Å². The van der Waals surface area contributed by atoms with Crippen molar-refractivity contribution in [2.24, 2.45) is 5.92 Å². The van der Waals surface area contributed by atoms with Gasteiger partial charge in [0.05, 0.1) is 5.60 Å². The van der Waals surface area contributed by atoms with Crippen LogP contribution < -0.4 is 5.32 Å². The summed E-state index contributed by atoms with van der Waals surface area (Å²) in [7, 11) is 0. The molecule has 0 aromatic rings. The van der Waals surface area contributed by atoms with E-state index in [2.05, 4.69) is 19.2 Å². The first-order valence-corrected chi connectivity index (χ1v) is 5.59. The van der Waals surface area contributed by atoms with Gasteiger partial charge in [-0.1, -0.05) is 13.8 Å². The van der Waals surface area contributed by atoms with Crippen molar-refractivity contribution >= 4 is 5.78 Å². The molecule has 0 saturated carbocycles. The average Bonchev–Trinajstić information content (AvgIpc) is 2.46. The first-order chi connectivity index (χ1) is 6.89. The van der Waals surface area contributed by atoms with Crippen LogP contribution in [0.1, 0.15) is 40.0 Å². The average molecular weight is 211 g/mol. The maximum Gasteiger partial charge on any atom is 0.157 e. The second-order valence-electron chi connectivity index (χ2n) is 5.08. The summed E-state index contributed by atoms with van der Waals surface area (Å²) >= 11 is 0. The summed E-state index contributed by atoms with van der Waals surface area (Å²) in [6.07, 6.45) is 3.80. The van der Waals surface area contributed by atoms with Gasteiger partial charge in [0, 0.05) is 24.7 Å². The van der Waals surface area contributed by atoms with E-state index in [1.807, 2.05) is 6.92 Å². The molecule has 1 aliphatic rings. The minimum atomic E-state index is -0.694. The second-order valence-corrected chi connectivity index (χ2v) is 5.08. The molecule has 1 unspecified atom stereocenters. The summed E-state index contributed by atoms with van der Waals surface area (Å²) in [6, 6.07) is 0. The van der Waals surface area contributed by atoms with Crippen molar-refractivity contribution in [2.45, 2.75) is 45.6 Å². The molecule has 0 aliphatic heterocycles. The zero-order chi connectivity index (χ0) is 11.5. The number of aliphatic hydroxyl groups is 1. The quantitative estimate of drug-likeness (QED) is 0.726. The van der Waals surface area contributed by atoms with Gasteiger partial charge in [0.1, 0.15) is 0 Å². The summed E-state index contributed by atoms with van der Waals surface area (Å²) < 4.78 is 0. The molecule has 0 heterocycles. The number of ketones is 1. The van der Waals surface area contributed by atoms with Crippen molar-refractivity contribution in [3.8, 4) is 0 Å². The number of nitrogens with one attached hydrogen (secondary N) is 1. The number of rotatable bonds is 5. The van der Waals surface area contributed by atoms with Crippen LogP contribution in [-0.4, -0.2) is 23.0 Å². The second kappa shape index (κ2) is 4.79. The topological polar surface area (TPSA) is 49.3 Å². The SMILES string of the molecule is CC(C)CC(C)(O)CNC1=CC(=O)CC1.